The summed E-state index contributed by atoms with van der Waals surface area (Å²) in [4.78, 5) is 7.77. The Morgan fingerprint density at radius 1 is 1.05 bits per heavy atom. The summed E-state index contributed by atoms with van der Waals surface area (Å²) in [5, 5.41) is 0. The zero-order valence-corrected chi connectivity index (χ0v) is 13.1. The first kappa shape index (κ1) is 11.8. The minimum absolute atomic E-state index is 0.735. The van der Waals surface area contributed by atoms with Crippen LogP contribution in [0.25, 0.3) is 0 Å². The summed E-state index contributed by atoms with van der Waals surface area (Å²) in [6.07, 6.45) is 7.11. The largest absolute Gasteiger partial charge is 0.352 e. The lowest BCUT2D eigenvalue weighted by Crippen LogP contribution is -2.41. The number of benzene rings is 1. The summed E-state index contributed by atoms with van der Waals surface area (Å²) in [6, 6.07) is 7.35. The molecule has 2 atom stereocenters. The van der Waals surface area contributed by atoms with E-state index < -0.39 is 0 Å². The summed E-state index contributed by atoms with van der Waals surface area (Å²) < 4.78 is 1.15. The lowest BCUT2D eigenvalue weighted by Gasteiger charge is -2.39. The topological polar surface area (TPSA) is 15.6 Å². The van der Waals surface area contributed by atoms with Gasteiger partial charge in [-0.3, -0.25) is 0 Å². The Balaban J connectivity index is 1.64. The maximum Gasteiger partial charge on any atom is 0.108 e. The van der Waals surface area contributed by atoms with Crippen molar-refractivity contribution in [3.8, 4) is 0 Å². The molecule has 2 aliphatic carbocycles. The normalized spacial score (nSPS) is 37.2. The number of nitrogens with zero attached hydrogens (tertiary/aromatic N) is 2. The Hall–Kier alpha value is -0.830. The molecule has 0 aromatic heterocycles. The monoisotopic (exact) mass is 330 g/mol. The molecule has 2 nitrogen and oxygen atoms in total. The van der Waals surface area contributed by atoms with Crippen LogP contribution < -0.4 is 0 Å². The molecule has 3 heteroatoms. The molecular weight excluding hydrogens is 312 g/mol. The van der Waals surface area contributed by atoms with Crippen LogP contribution in [-0.2, 0) is 6.54 Å². The molecule has 0 spiro atoms. The van der Waals surface area contributed by atoms with Gasteiger partial charge in [-0.25, -0.2) is 4.99 Å². The predicted octanol–water partition coefficient (Wildman–Crippen LogP) is 4.50. The summed E-state index contributed by atoms with van der Waals surface area (Å²) in [6.45, 7) is 1.09. The molecule has 0 N–H and O–H groups in total. The average molecular weight is 331 g/mol. The van der Waals surface area contributed by atoms with E-state index in [1.165, 1.54) is 49.2 Å². The highest BCUT2D eigenvalue weighted by Gasteiger charge is 2.46. The maximum absolute atomic E-state index is 5.10. The highest BCUT2D eigenvalue weighted by Crippen LogP contribution is 2.50. The first-order valence-electron chi connectivity index (χ1n) is 7.90. The van der Waals surface area contributed by atoms with Gasteiger partial charge in [-0.15, -0.1) is 0 Å². The zero-order valence-electron chi connectivity index (χ0n) is 11.6. The lowest BCUT2D eigenvalue weighted by molar-refractivity contribution is 0.128. The molecule has 1 aromatic rings. The van der Waals surface area contributed by atoms with Crippen LogP contribution in [0, 0.1) is 17.8 Å². The van der Waals surface area contributed by atoms with E-state index in [1.54, 1.807) is 0 Å². The Bertz CT molecular complexity index is 595. The molecule has 5 aliphatic rings. The van der Waals surface area contributed by atoms with Gasteiger partial charge in [0.05, 0.1) is 5.69 Å². The summed E-state index contributed by atoms with van der Waals surface area (Å²) in [5.41, 5.74) is 2.60. The second-order valence-corrected chi connectivity index (χ2v) is 8.05. The third kappa shape index (κ3) is 1.65. The van der Waals surface area contributed by atoms with Crippen LogP contribution in [0.2, 0.25) is 0 Å². The van der Waals surface area contributed by atoms with E-state index in [1.807, 2.05) is 0 Å². The lowest BCUT2D eigenvalue weighted by atomic mass is 9.68. The minimum atomic E-state index is 0.735. The van der Waals surface area contributed by atoms with Crippen molar-refractivity contribution in [2.24, 2.45) is 22.7 Å². The maximum atomic E-state index is 5.10. The third-order valence-corrected chi connectivity index (χ3v) is 6.33. The fourth-order valence-electron chi connectivity index (χ4n) is 5.15. The molecular formula is C17H19BrN2. The van der Waals surface area contributed by atoms with Gasteiger partial charge in [-0.05, 0) is 61.6 Å². The van der Waals surface area contributed by atoms with Gasteiger partial charge in [0, 0.05) is 23.0 Å². The Morgan fingerprint density at radius 2 is 1.85 bits per heavy atom. The third-order valence-electron chi connectivity index (χ3n) is 5.84. The zero-order chi connectivity index (χ0) is 13.3. The van der Waals surface area contributed by atoms with Gasteiger partial charge < -0.3 is 4.90 Å². The van der Waals surface area contributed by atoms with Crippen molar-refractivity contribution in [2.45, 2.75) is 44.7 Å². The summed E-state index contributed by atoms with van der Waals surface area (Å²) in [7, 11) is 0. The van der Waals surface area contributed by atoms with E-state index >= 15 is 0 Å². The smallest absolute Gasteiger partial charge is 0.108 e. The molecule has 0 amide bonds. The number of hydrogen-bond acceptors (Lipinski definition) is 2. The molecule has 0 unspecified atom stereocenters. The fraction of sp³-hybridized carbons (Fsp3) is 0.588. The quantitative estimate of drug-likeness (QED) is 0.683. The molecule has 3 aliphatic heterocycles. The van der Waals surface area contributed by atoms with Crippen molar-refractivity contribution in [3.05, 3.63) is 28.2 Å². The van der Waals surface area contributed by atoms with Crippen LogP contribution in [0.1, 0.15) is 37.7 Å². The predicted molar refractivity (Wildman–Crippen MR) is 84.1 cm³/mol. The first-order chi connectivity index (χ1) is 9.76. The van der Waals surface area contributed by atoms with E-state index in [4.69, 9.17) is 4.99 Å². The number of halogens is 1. The number of rotatable bonds is 0. The van der Waals surface area contributed by atoms with E-state index in [0.717, 1.165) is 34.8 Å². The summed E-state index contributed by atoms with van der Waals surface area (Å²) in [5.74, 6) is 4.10. The summed E-state index contributed by atoms with van der Waals surface area (Å²) >= 11 is 3.58. The van der Waals surface area contributed by atoms with Crippen molar-refractivity contribution < 1.29 is 0 Å². The average Bonchev–Trinajstić information content (AvgIpc) is 2.59. The highest BCUT2D eigenvalue weighted by molar-refractivity contribution is 9.10. The van der Waals surface area contributed by atoms with Crippen LogP contribution >= 0.6 is 15.9 Å². The number of fused-ring (bicyclic) bond motifs is 1. The molecule has 4 bridgehead atoms. The Kier molecular flexibility index (Phi) is 2.41. The van der Waals surface area contributed by atoms with Gasteiger partial charge >= 0.3 is 0 Å². The van der Waals surface area contributed by atoms with Crippen LogP contribution in [0.15, 0.2) is 27.7 Å². The van der Waals surface area contributed by atoms with Gasteiger partial charge in [0.1, 0.15) is 5.84 Å². The van der Waals surface area contributed by atoms with Crippen LogP contribution in [-0.4, -0.2) is 16.8 Å². The van der Waals surface area contributed by atoms with E-state index in [2.05, 4.69) is 39.0 Å². The van der Waals surface area contributed by atoms with Crippen molar-refractivity contribution in [3.63, 3.8) is 0 Å². The molecule has 20 heavy (non-hydrogen) atoms. The molecule has 3 heterocycles. The molecule has 0 radical (unpaired) electrons. The molecule has 2 saturated carbocycles. The van der Waals surface area contributed by atoms with Crippen molar-refractivity contribution in [1.29, 1.82) is 0 Å². The van der Waals surface area contributed by atoms with Crippen molar-refractivity contribution in [2.75, 3.05) is 0 Å². The Labute approximate surface area is 128 Å². The van der Waals surface area contributed by atoms with E-state index in [0.29, 0.717) is 0 Å². The highest BCUT2D eigenvalue weighted by atomic mass is 79.9. The van der Waals surface area contributed by atoms with Crippen LogP contribution in [0.5, 0.6) is 0 Å². The van der Waals surface area contributed by atoms with Crippen molar-refractivity contribution in [1.82, 2.24) is 4.90 Å². The fourth-order valence-corrected chi connectivity index (χ4v) is 5.50. The SMILES string of the molecule is Brc1ccc2c(c1)N=C1C3C[C@H]4CC(C[C@H](C3)C4)N1C2. The number of aliphatic imine (C=N–C) groups is 1. The molecule has 1 aromatic carbocycles. The van der Waals surface area contributed by atoms with Gasteiger partial charge in [-0.1, -0.05) is 22.0 Å². The van der Waals surface area contributed by atoms with E-state index in [9.17, 15) is 0 Å². The van der Waals surface area contributed by atoms with Gasteiger partial charge in [0.25, 0.3) is 0 Å². The Morgan fingerprint density at radius 3 is 2.65 bits per heavy atom. The van der Waals surface area contributed by atoms with E-state index in [-0.39, 0.29) is 0 Å². The standard InChI is InChI=1S/C17H19BrN2/c18-14-2-1-12-9-20-15-6-10-3-11(7-15)5-13(4-10)17(20)19-16(12)8-14/h1-2,8,10-11,13,15H,3-7,9H2/t10-,11-,13?,15?/m0/s1. The van der Waals surface area contributed by atoms with Gasteiger partial charge in [-0.2, -0.15) is 0 Å². The second-order valence-electron chi connectivity index (χ2n) is 7.13. The first-order valence-corrected chi connectivity index (χ1v) is 8.69. The number of amidine groups is 1. The van der Waals surface area contributed by atoms with Gasteiger partial charge in [0.15, 0.2) is 0 Å². The van der Waals surface area contributed by atoms with Crippen molar-refractivity contribution >= 4 is 27.5 Å². The van der Waals surface area contributed by atoms with Crippen LogP contribution in [0.3, 0.4) is 0 Å². The van der Waals surface area contributed by atoms with Gasteiger partial charge in [0.2, 0.25) is 0 Å². The number of hydrogen-bond donors (Lipinski definition) is 0. The minimum Gasteiger partial charge on any atom is -0.352 e. The molecule has 6 rings (SSSR count). The second kappa shape index (κ2) is 4.09. The molecule has 4 fully saturated rings. The molecule has 104 valence electrons. The molecule has 2 saturated heterocycles. The van der Waals surface area contributed by atoms with Crippen LogP contribution in [0.4, 0.5) is 5.69 Å².